The van der Waals surface area contributed by atoms with E-state index < -0.39 is 0 Å². The van der Waals surface area contributed by atoms with Crippen molar-refractivity contribution in [3.8, 4) is 11.1 Å². The third-order valence-corrected chi connectivity index (χ3v) is 5.67. The van der Waals surface area contributed by atoms with Gasteiger partial charge in [-0.05, 0) is 59.2 Å². The number of carbonyl (C=O) groups excluding carboxylic acids is 1. The van der Waals surface area contributed by atoms with Gasteiger partial charge in [-0.15, -0.1) is 0 Å². The Morgan fingerprint density at radius 1 is 0.933 bits per heavy atom. The van der Waals surface area contributed by atoms with Gasteiger partial charge in [-0.25, -0.2) is 0 Å². The van der Waals surface area contributed by atoms with Crippen LogP contribution in [-0.2, 0) is 13.0 Å². The summed E-state index contributed by atoms with van der Waals surface area (Å²) in [7, 11) is 0. The zero-order valence-corrected chi connectivity index (χ0v) is 17.0. The van der Waals surface area contributed by atoms with E-state index in [0.717, 1.165) is 52.9 Å². The molecule has 0 saturated carbocycles. The van der Waals surface area contributed by atoms with Crippen LogP contribution in [0.4, 0.5) is 5.69 Å². The van der Waals surface area contributed by atoms with Gasteiger partial charge in [-0.2, -0.15) is 0 Å². The predicted octanol–water partition coefficient (Wildman–Crippen LogP) is 5.45. The van der Waals surface area contributed by atoms with Crippen molar-refractivity contribution in [2.24, 2.45) is 0 Å². The van der Waals surface area contributed by atoms with E-state index in [0.29, 0.717) is 10.6 Å². The zero-order chi connectivity index (χ0) is 20.5. The van der Waals surface area contributed by atoms with E-state index in [4.69, 9.17) is 16.6 Å². The monoisotopic (exact) mass is 413 g/mol. The first kappa shape index (κ1) is 18.8. The van der Waals surface area contributed by atoms with Crippen LogP contribution in [0.5, 0.6) is 0 Å². The lowest BCUT2D eigenvalue weighted by Gasteiger charge is -2.17. The summed E-state index contributed by atoms with van der Waals surface area (Å²) >= 11 is 5.95. The lowest BCUT2D eigenvalue weighted by molar-refractivity contribution is 0.102. The summed E-state index contributed by atoms with van der Waals surface area (Å²) in [6, 6.07) is 23.3. The molecule has 5 rings (SSSR count). The number of nitrogens with one attached hydrogen (secondary N) is 2. The summed E-state index contributed by atoms with van der Waals surface area (Å²) in [6.07, 6.45) is 0.932. The lowest BCUT2D eigenvalue weighted by atomic mass is 10.0. The van der Waals surface area contributed by atoms with Crippen LogP contribution in [-0.4, -0.2) is 17.4 Å². The van der Waals surface area contributed by atoms with Crippen molar-refractivity contribution in [3.63, 3.8) is 0 Å². The second-order valence-corrected chi connectivity index (χ2v) is 7.90. The molecule has 2 N–H and O–H groups in total. The van der Waals surface area contributed by atoms with Crippen molar-refractivity contribution >= 4 is 34.1 Å². The summed E-state index contributed by atoms with van der Waals surface area (Å²) in [5.74, 6) is -0.140. The third kappa shape index (κ3) is 3.80. The molecule has 148 valence electrons. The molecule has 5 heteroatoms. The number of hydrogen-bond acceptors (Lipinski definition) is 3. The van der Waals surface area contributed by atoms with Crippen molar-refractivity contribution in [1.29, 1.82) is 0 Å². The van der Waals surface area contributed by atoms with Crippen LogP contribution in [0.2, 0.25) is 5.02 Å². The van der Waals surface area contributed by atoms with E-state index in [9.17, 15) is 4.79 Å². The summed E-state index contributed by atoms with van der Waals surface area (Å²) < 4.78 is 0. The van der Waals surface area contributed by atoms with Gasteiger partial charge >= 0.3 is 0 Å². The van der Waals surface area contributed by atoms with E-state index in [1.54, 1.807) is 0 Å². The number of halogens is 1. The van der Waals surface area contributed by atoms with Crippen LogP contribution in [0.3, 0.4) is 0 Å². The summed E-state index contributed by atoms with van der Waals surface area (Å²) in [5, 5.41) is 8.15. The van der Waals surface area contributed by atoms with Crippen molar-refractivity contribution in [3.05, 3.63) is 94.6 Å². The van der Waals surface area contributed by atoms with Crippen LogP contribution in [0.1, 0.15) is 21.6 Å². The molecular weight excluding hydrogens is 394 g/mol. The molecule has 4 aromatic rings. The van der Waals surface area contributed by atoms with Gasteiger partial charge in [0.05, 0.1) is 5.52 Å². The minimum Gasteiger partial charge on any atom is -0.322 e. The molecule has 0 fully saturated rings. The van der Waals surface area contributed by atoms with E-state index in [1.807, 2.05) is 66.7 Å². The van der Waals surface area contributed by atoms with Crippen LogP contribution in [0, 0.1) is 0 Å². The Labute approximate surface area is 179 Å². The number of carbonyl (C=O) groups is 1. The van der Waals surface area contributed by atoms with Gasteiger partial charge in [0.2, 0.25) is 0 Å². The van der Waals surface area contributed by atoms with Gasteiger partial charge in [0.1, 0.15) is 0 Å². The van der Waals surface area contributed by atoms with Gasteiger partial charge in [0, 0.05) is 46.9 Å². The van der Waals surface area contributed by atoms with Crippen molar-refractivity contribution in [1.82, 2.24) is 10.3 Å². The van der Waals surface area contributed by atoms with E-state index >= 15 is 0 Å². The molecule has 1 aliphatic rings. The van der Waals surface area contributed by atoms with E-state index in [1.165, 1.54) is 5.56 Å². The molecule has 1 aromatic heterocycles. The predicted molar refractivity (Wildman–Crippen MR) is 122 cm³/mol. The zero-order valence-electron chi connectivity index (χ0n) is 16.3. The largest absolute Gasteiger partial charge is 0.322 e. The number of hydrogen-bond donors (Lipinski definition) is 2. The van der Waals surface area contributed by atoms with Gasteiger partial charge in [-0.1, -0.05) is 41.9 Å². The molecule has 2 heterocycles. The number of amides is 1. The Morgan fingerprint density at radius 3 is 2.43 bits per heavy atom. The third-order valence-electron chi connectivity index (χ3n) is 5.42. The molecular formula is C25H20ClN3O. The molecule has 0 bridgehead atoms. The molecule has 30 heavy (non-hydrogen) atoms. The quantitative estimate of drug-likeness (QED) is 0.469. The maximum absolute atomic E-state index is 12.7. The summed E-state index contributed by atoms with van der Waals surface area (Å²) in [6.45, 7) is 1.82. The van der Waals surface area contributed by atoms with Crippen molar-refractivity contribution in [2.75, 3.05) is 11.9 Å². The number of rotatable bonds is 3. The first-order chi connectivity index (χ1) is 14.7. The average Bonchev–Trinajstić information content (AvgIpc) is 2.78. The highest BCUT2D eigenvalue weighted by molar-refractivity contribution is 6.30. The van der Waals surface area contributed by atoms with Gasteiger partial charge in [-0.3, -0.25) is 9.78 Å². The highest BCUT2D eigenvalue weighted by atomic mass is 35.5. The van der Waals surface area contributed by atoms with E-state index in [-0.39, 0.29) is 5.91 Å². The SMILES string of the molecule is O=C(Nc1ccc2cc3c(nc2c1)CCNC3)c1ccc(-c2ccc(Cl)cc2)cc1. The molecule has 0 aliphatic carbocycles. The Balaban J connectivity index is 1.35. The van der Waals surface area contributed by atoms with Gasteiger partial charge in [0.25, 0.3) is 5.91 Å². The van der Waals surface area contributed by atoms with Gasteiger partial charge < -0.3 is 10.6 Å². The minimum atomic E-state index is -0.140. The smallest absolute Gasteiger partial charge is 0.255 e. The molecule has 0 unspecified atom stereocenters. The molecule has 1 amide bonds. The number of benzene rings is 3. The summed E-state index contributed by atoms with van der Waals surface area (Å²) in [5.41, 5.74) is 6.76. The molecule has 0 saturated heterocycles. The first-order valence-corrected chi connectivity index (χ1v) is 10.3. The highest BCUT2D eigenvalue weighted by Crippen LogP contribution is 2.24. The average molecular weight is 414 g/mol. The Morgan fingerprint density at radius 2 is 1.67 bits per heavy atom. The molecule has 4 nitrogen and oxygen atoms in total. The normalized spacial score (nSPS) is 13.1. The van der Waals surface area contributed by atoms with Crippen LogP contribution >= 0.6 is 11.6 Å². The fourth-order valence-corrected chi connectivity index (χ4v) is 3.91. The first-order valence-electron chi connectivity index (χ1n) is 9.96. The van der Waals surface area contributed by atoms with Crippen LogP contribution < -0.4 is 10.6 Å². The maximum Gasteiger partial charge on any atom is 0.255 e. The van der Waals surface area contributed by atoms with Crippen molar-refractivity contribution in [2.45, 2.75) is 13.0 Å². The topological polar surface area (TPSA) is 54.0 Å². The fourth-order valence-electron chi connectivity index (χ4n) is 3.79. The Hall–Kier alpha value is -3.21. The van der Waals surface area contributed by atoms with Crippen LogP contribution in [0.25, 0.3) is 22.0 Å². The molecule has 0 atom stereocenters. The fraction of sp³-hybridized carbons (Fsp3) is 0.120. The van der Waals surface area contributed by atoms with Gasteiger partial charge in [0.15, 0.2) is 0 Å². The number of pyridine rings is 1. The number of nitrogens with zero attached hydrogens (tertiary/aromatic N) is 1. The number of fused-ring (bicyclic) bond motifs is 2. The maximum atomic E-state index is 12.7. The molecule has 1 aliphatic heterocycles. The minimum absolute atomic E-state index is 0.140. The number of aromatic nitrogens is 1. The Bertz CT molecular complexity index is 1230. The lowest BCUT2D eigenvalue weighted by Crippen LogP contribution is -2.24. The second-order valence-electron chi connectivity index (χ2n) is 7.47. The molecule has 0 spiro atoms. The van der Waals surface area contributed by atoms with Crippen LogP contribution in [0.15, 0.2) is 72.8 Å². The second kappa shape index (κ2) is 7.90. The number of anilines is 1. The molecule has 3 aromatic carbocycles. The Kier molecular flexibility index (Phi) is 4.95. The standard InChI is InChI=1S/C25H20ClN3O/c26-21-8-5-17(6-9-21)16-1-3-18(4-2-16)25(30)28-22-10-7-19-13-20-15-27-12-11-23(20)29-24(19)14-22/h1-10,13-14,27H,11-12,15H2,(H,28,30). The van der Waals surface area contributed by atoms with E-state index in [2.05, 4.69) is 16.7 Å². The molecule has 0 radical (unpaired) electrons. The summed E-state index contributed by atoms with van der Waals surface area (Å²) in [4.78, 5) is 17.5. The van der Waals surface area contributed by atoms with Crippen molar-refractivity contribution < 1.29 is 4.79 Å². The highest BCUT2D eigenvalue weighted by Gasteiger charge is 2.12.